The molecule has 1 atom stereocenters. The molecule has 0 saturated carbocycles. The Hall–Kier alpha value is -3.06. The van der Waals surface area contributed by atoms with E-state index in [1.54, 1.807) is 24.3 Å². The van der Waals surface area contributed by atoms with Gasteiger partial charge in [-0.3, -0.25) is 4.79 Å². The number of nitrogens with one attached hydrogen (secondary N) is 1. The van der Waals surface area contributed by atoms with Gasteiger partial charge in [0.15, 0.2) is 0 Å². The van der Waals surface area contributed by atoms with Gasteiger partial charge >= 0.3 is 18.0 Å². The summed E-state index contributed by atoms with van der Waals surface area (Å²) in [7, 11) is 0. The molecular weight excluding hydrogens is 398 g/mol. The Labute approximate surface area is 173 Å². The smallest absolute Gasteiger partial charge is 0.410 e. The fourth-order valence-electron chi connectivity index (χ4n) is 2.52. The molecular formula is C21H22ClNO6. The number of amides is 1. The van der Waals surface area contributed by atoms with Crippen LogP contribution in [0.4, 0.5) is 4.79 Å². The molecule has 0 spiro atoms. The Morgan fingerprint density at radius 2 is 1.59 bits per heavy atom. The normalized spacial score (nSPS) is 11.3. The number of hydrogen-bond donors (Lipinski definition) is 2. The molecule has 0 heterocycles. The fraction of sp³-hybridized carbons (Fsp3) is 0.286. The van der Waals surface area contributed by atoms with Gasteiger partial charge < -0.3 is 19.9 Å². The van der Waals surface area contributed by atoms with Crippen molar-refractivity contribution in [3.05, 3.63) is 70.7 Å². The largest absolute Gasteiger partial charge is 0.480 e. The highest BCUT2D eigenvalue weighted by molar-refractivity contribution is 6.30. The van der Waals surface area contributed by atoms with E-state index in [0.29, 0.717) is 17.9 Å². The second-order valence-electron chi connectivity index (χ2n) is 6.25. The summed E-state index contributed by atoms with van der Waals surface area (Å²) in [5, 5.41) is 12.1. The third-order valence-corrected chi connectivity index (χ3v) is 4.35. The van der Waals surface area contributed by atoms with Crippen LogP contribution >= 0.6 is 11.6 Å². The molecule has 8 heteroatoms. The second kappa shape index (κ2) is 11.7. The average Bonchev–Trinajstić information content (AvgIpc) is 2.71. The molecule has 2 N–H and O–H groups in total. The predicted molar refractivity (Wildman–Crippen MR) is 107 cm³/mol. The van der Waals surface area contributed by atoms with Gasteiger partial charge in [-0.2, -0.15) is 0 Å². The molecule has 1 unspecified atom stereocenters. The summed E-state index contributed by atoms with van der Waals surface area (Å²) in [6, 6.07) is 15.3. The van der Waals surface area contributed by atoms with Crippen LogP contribution in [0.5, 0.6) is 0 Å². The summed E-state index contributed by atoms with van der Waals surface area (Å²) in [4.78, 5) is 34.8. The van der Waals surface area contributed by atoms with Crippen LogP contribution < -0.4 is 5.32 Å². The Morgan fingerprint density at radius 1 is 0.931 bits per heavy atom. The summed E-state index contributed by atoms with van der Waals surface area (Å²) in [6.45, 7) is -0.580. The van der Waals surface area contributed by atoms with Gasteiger partial charge in [0.1, 0.15) is 6.04 Å². The second-order valence-corrected chi connectivity index (χ2v) is 6.69. The monoisotopic (exact) mass is 419 g/mol. The van der Waals surface area contributed by atoms with Crippen LogP contribution in [0.25, 0.3) is 0 Å². The number of hydrogen-bond acceptors (Lipinski definition) is 5. The van der Waals surface area contributed by atoms with Crippen molar-refractivity contribution in [2.45, 2.75) is 31.7 Å². The molecule has 0 aliphatic heterocycles. The number of esters is 1. The Morgan fingerprint density at radius 3 is 2.24 bits per heavy atom. The van der Waals surface area contributed by atoms with Crippen LogP contribution in [0.15, 0.2) is 54.6 Å². The first-order chi connectivity index (χ1) is 13.9. The Balaban J connectivity index is 1.67. The number of aryl methyl sites for hydroxylation is 2. The topological polar surface area (TPSA) is 102 Å². The molecule has 0 bridgehead atoms. The van der Waals surface area contributed by atoms with E-state index >= 15 is 0 Å². The maximum absolute atomic E-state index is 11.8. The molecule has 0 aromatic heterocycles. The fourth-order valence-corrected chi connectivity index (χ4v) is 2.64. The van der Waals surface area contributed by atoms with Gasteiger partial charge in [-0.05, 0) is 42.5 Å². The molecule has 154 valence electrons. The van der Waals surface area contributed by atoms with Crippen molar-refractivity contribution < 1.29 is 29.0 Å². The molecule has 0 aliphatic rings. The van der Waals surface area contributed by atoms with E-state index in [1.165, 1.54) is 0 Å². The SMILES string of the molecule is O=C(CCc1ccccc1)OCOC(=O)NC(CCc1ccc(Cl)cc1)C(=O)O. The van der Waals surface area contributed by atoms with E-state index in [9.17, 15) is 19.5 Å². The lowest BCUT2D eigenvalue weighted by molar-refractivity contribution is -0.152. The molecule has 7 nitrogen and oxygen atoms in total. The lowest BCUT2D eigenvalue weighted by Crippen LogP contribution is -2.41. The molecule has 0 fully saturated rings. The Bertz CT molecular complexity index is 810. The highest BCUT2D eigenvalue weighted by Crippen LogP contribution is 2.12. The maximum Gasteiger partial charge on any atom is 0.410 e. The summed E-state index contributed by atoms with van der Waals surface area (Å²) >= 11 is 5.81. The summed E-state index contributed by atoms with van der Waals surface area (Å²) in [6.07, 6.45) is 0.293. The van der Waals surface area contributed by atoms with Gasteiger partial charge in [0.2, 0.25) is 6.79 Å². The van der Waals surface area contributed by atoms with E-state index < -0.39 is 30.9 Å². The lowest BCUT2D eigenvalue weighted by atomic mass is 10.1. The van der Waals surface area contributed by atoms with E-state index in [0.717, 1.165) is 11.1 Å². The summed E-state index contributed by atoms with van der Waals surface area (Å²) in [5.74, 6) is -1.70. The van der Waals surface area contributed by atoms with Crippen molar-refractivity contribution in [3.8, 4) is 0 Å². The van der Waals surface area contributed by atoms with Crippen LogP contribution in [0.1, 0.15) is 24.0 Å². The average molecular weight is 420 g/mol. The van der Waals surface area contributed by atoms with E-state index in [1.807, 2.05) is 30.3 Å². The zero-order valence-electron chi connectivity index (χ0n) is 15.7. The van der Waals surface area contributed by atoms with Crippen LogP contribution in [0.3, 0.4) is 0 Å². The number of carboxylic acid groups (broad SMARTS) is 1. The molecule has 2 rings (SSSR count). The first kappa shape index (κ1) is 22.2. The van der Waals surface area contributed by atoms with Crippen molar-refractivity contribution in [1.29, 1.82) is 0 Å². The lowest BCUT2D eigenvalue weighted by Gasteiger charge is -2.14. The zero-order chi connectivity index (χ0) is 21.1. The highest BCUT2D eigenvalue weighted by atomic mass is 35.5. The van der Waals surface area contributed by atoms with Crippen LogP contribution in [-0.2, 0) is 31.9 Å². The minimum atomic E-state index is -1.18. The maximum atomic E-state index is 11.8. The molecule has 0 saturated heterocycles. The molecule has 29 heavy (non-hydrogen) atoms. The number of carbonyl (C=O) groups is 3. The van der Waals surface area contributed by atoms with Crippen molar-refractivity contribution in [1.82, 2.24) is 5.32 Å². The Kier molecular flexibility index (Phi) is 8.98. The third kappa shape index (κ3) is 8.66. The molecule has 2 aromatic rings. The number of carbonyl (C=O) groups excluding carboxylic acids is 2. The van der Waals surface area contributed by atoms with Crippen molar-refractivity contribution in [3.63, 3.8) is 0 Å². The van der Waals surface area contributed by atoms with Gasteiger partial charge in [0.25, 0.3) is 0 Å². The minimum absolute atomic E-state index is 0.147. The van der Waals surface area contributed by atoms with Crippen LogP contribution in [0.2, 0.25) is 5.02 Å². The minimum Gasteiger partial charge on any atom is -0.480 e. The van der Waals surface area contributed by atoms with E-state index in [4.69, 9.17) is 21.1 Å². The summed E-state index contributed by atoms with van der Waals surface area (Å²) in [5.41, 5.74) is 1.89. The number of halogens is 1. The highest BCUT2D eigenvalue weighted by Gasteiger charge is 2.20. The quantitative estimate of drug-likeness (QED) is 0.450. The number of benzene rings is 2. The van der Waals surface area contributed by atoms with Crippen LogP contribution in [0, 0.1) is 0 Å². The third-order valence-electron chi connectivity index (χ3n) is 4.10. The molecule has 1 amide bonds. The summed E-state index contributed by atoms with van der Waals surface area (Å²) < 4.78 is 9.57. The molecule has 2 aromatic carbocycles. The molecule has 0 radical (unpaired) electrons. The standard InChI is InChI=1S/C21H22ClNO6/c22-17-10-6-16(7-11-17)8-12-18(20(25)26)23-21(27)29-14-28-19(24)13-9-15-4-2-1-3-5-15/h1-7,10-11,18H,8-9,12-14H2,(H,23,27)(H,25,26). The number of aliphatic carboxylic acids is 1. The predicted octanol–water partition coefficient (Wildman–Crippen LogP) is 3.59. The van der Waals surface area contributed by atoms with Crippen molar-refractivity contribution in [2.24, 2.45) is 0 Å². The van der Waals surface area contributed by atoms with Gasteiger partial charge in [-0.25, -0.2) is 9.59 Å². The van der Waals surface area contributed by atoms with Gasteiger partial charge in [-0.1, -0.05) is 54.1 Å². The molecule has 0 aliphatic carbocycles. The number of rotatable bonds is 10. The van der Waals surface area contributed by atoms with E-state index in [-0.39, 0.29) is 12.8 Å². The van der Waals surface area contributed by atoms with Crippen molar-refractivity contribution >= 4 is 29.6 Å². The van der Waals surface area contributed by atoms with Gasteiger partial charge in [-0.15, -0.1) is 0 Å². The van der Waals surface area contributed by atoms with Gasteiger partial charge in [0.05, 0.1) is 0 Å². The van der Waals surface area contributed by atoms with E-state index in [2.05, 4.69) is 5.32 Å². The van der Waals surface area contributed by atoms with Crippen molar-refractivity contribution in [2.75, 3.05) is 6.79 Å². The zero-order valence-corrected chi connectivity index (χ0v) is 16.4. The number of alkyl carbamates (subject to hydrolysis) is 1. The number of ether oxygens (including phenoxy) is 2. The first-order valence-corrected chi connectivity index (χ1v) is 9.42. The number of carboxylic acids is 1. The first-order valence-electron chi connectivity index (χ1n) is 9.04. The van der Waals surface area contributed by atoms with Crippen LogP contribution in [-0.4, -0.2) is 36.0 Å². The van der Waals surface area contributed by atoms with Gasteiger partial charge in [0, 0.05) is 11.4 Å².